The lowest BCUT2D eigenvalue weighted by Crippen LogP contribution is -2.23. The molecule has 0 radical (unpaired) electrons. The smallest absolute Gasteiger partial charge is 0.307 e. The third kappa shape index (κ3) is 6.50. The Labute approximate surface area is 194 Å². The molecule has 0 heterocycles. The molecular weight excluding hydrogens is 440 g/mol. The summed E-state index contributed by atoms with van der Waals surface area (Å²) in [5, 5.41) is 2.60. The van der Waals surface area contributed by atoms with Crippen molar-refractivity contribution in [1.29, 1.82) is 0 Å². The summed E-state index contributed by atoms with van der Waals surface area (Å²) in [4.78, 5) is 24.8. The van der Waals surface area contributed by atoms with Crippen molar-refractivity contribution in [3.05, 3.63) is 96.1 Å². The van der Waals surface area contributed by atoms with Crippen LogP contribution in [0.3, 0.4) is 0 Å². The summed E-state index contributed by atoms with van der Waals surface area (Å²) < 4.78 is 30.5. The maximum absolute atomic E-state index is 12.5. The van der Waals surface area contributed by atoms with Crippen LogP contribution < -0.4 is 5.32 Å². The fourth-order valence-electron chi connectivity index (χ4n) is 3.29. The number of ether oxygens (including phenoxy) is 1. The van der Waals surface area contributed by atoms with Crippen molar-refractivity contribution >= 4 is 27.6 Å². The van der Waals surface area contributed by atoms with Gasteiger partial charge < -0.3 is 10.1 Å². The number of esters is 1. The van der Waals surface area contributed by atoms with Gasteiger partial charge in [0.15, 0.2) is 6.61 Å². The van der Waals surface area contributed by atoms with E-state index in [-0.39, 0.29) is 17.2 Å². The lowest BCUT2D eigenvalue weighted by atomic mass is 9.89. The Morgan fingerprint density at radius 3 is 1.85 bits per heavy atom. The van der Waals surface area contributed by atoms with Crippen LogP contribution in [0.5, 0.6) is 0 Å². The minimum Gasteiger partial charge on any atom is -0.456 e. The van der Waals surface area contributed by atoms with E-state index >= 15 is 0 Å². The van der Waals surface area contributed by atoms with Gasteiger partial charge in [0.2, 0.25) is 10.0 Å². The first-order valence-electron chi connectivity index (χ1n) is 10.4. The van der Waals surface area contributed by atoms with Crippen molar-refractivity contribution in [2.45, 2.75) is 17.2 Å². The van der Waals surface area contributed by atoms with E-state index in [0.717, 1.165) is 15.4 Å². The van der Waals surface area contributed by atoms with Crippen LogP contribution in [-0.4, -0.2) is 45.3 Å². The zero-order valence-electron chi connectivity index (χ0n) is 18.5. The lowest BCUT2D eigenvalue weighted by molar-refractivity contribution is -0.147. The van der Waals surface area contributed by atoms with Gasteiger partial charge in [0.1, 0.15) is 0 Å². The Morgan fingerprint density at radius 1 is 0.848 bits per heavy atom. The van der Waals surface area contributed by atoms with Crippen molar-refractivity contribution in [1.82, 2.24) is 4.31 Å². The molecule has 0 fully saturated rings. The fraction of sp³-hybridized carbons (Fsp3) is 0.200. The normalized spacial score (nSPS) is 11.4. The number of amides is 1. The first-order valence-corrected chi connectivity index (χ1v) is 11.8. The molecule has 7 nitrogen and oxygen atoms in total. The van der Waals surface area contributed by atoms with E-state index in [9.17, 15) is 18.0 Å². The monoisotopic (exact) mass is 466 g/mol. The van der Waals surface area contributed by atoms with Crippen molar-refractivity contribution in [3.63, 3.8) is 0 Å². The fourth-order valence-corrected chi connectivity index (χ4v) is 4.19. The number of sulfonamides is 1. The van der Waals surface area contributed by atoms with Crippen LogP contribution in [-0.2, 0) is 24.3 Å². The number of nitrogens with zero attached hydrogens (tertiary/aromatic N) is 1. The molecule has 0 spiro atoms. The molecule has 3 aromatic carbocycles. The van der Waals surface area contributed by atoms with Gasteiger partial charge in [0.05, 0.1) is 11.3 Å². The first kappa shape index (κ1) is 24.2. The Kier molecular flexibility index (Phi) is 7.97. The van der Waals surface area contributed by atoms with Crippen molar-refractivity contribution in [2.24, 2.45) is 0 Å². The molecule has 0 saturated heterocycles. The zero-order valence-corrected chi connectivity index (χ0v) is 19.3. The average molecular weight is 467 g/mol. The molecule has 8 heteroatoms. The lowest BCUT2D eigenvalue weighted by Gasteiger charge is -2.17. The predicted octanol–water partition coefficient (Wildman–Crippen LogP) is 3.64. The van der Waals surface area contributed by atoms with E-state index in [0.29, 0.717) is 5.69 Å². The molecule has 0 aliphatic rings. The number of hydrogen-bond donors (Lipinski definition) is 1. The van der Waals surface area contributed by atoms with Gasteiger partial charge in [-0.25, -0.2) is 12.7 Å². The van der Waals surface area contributed by atoms with Gasteiger partial charge in [-0.05, 0) is 35.4 Å². The molecule has 1 N–H and O–H groups in total. The number of rotatable bonds is 9. The highest BCUT2D eigenvalue weighted by Gasteiger charge is 2.20. The summed E-state index contributed by atoms with van der Waals surface area (Å²) >= 11 is 0. The van der Waals surface area contributed by atoms with Crippen LogP contribution in [0.1, 0.15) is 23.5 Å². The molecule has 0 unspecified atom stereocenters. The van der Waals surface area contributed by atoms with E-state index in [2.05, 4.69) is 5.32 Å². The minimum absolute atomic E-state index is 0.0956. The molecule has 0 aliphatic heterocycles. The Balaban J connectivity index is 1.58. The second-order valence-corrected chi connectivity index (χ2v) is 9.75. The summed E-state index contributed by atoms with van der Waals surface area (Å²) in [5.41, 5.74) is 2.37. The van der Waals surface area contributed by atoms with Crippen LogP contribution >= 0.6 is 0 Å². The second-order valence-electron chi connectivity index (χ2n) is 7.60. The molecule has 0 bridgehead atoms. The molecular formula is C25H26N2O5S. The maximum atomic E-state index is 12.5. The van der Waals surface area contributed by atoms with Crippen LogP contribution in [0.2, 0.25) is 0 Å². The molecule has 172 valence electrons. The number of hydrogen-bond acceptors (Lipinski definition) is 5. The minimum atomic E-state index is -3.55. The molecule has 0 aliphatic carbocycles. The topological polar surface area (TPSA) is 92.8 Å². The molecule has 0 atom stereocenters. The number of benzene rings is 3. The molecule has 0 aromatic heterocycles. The van der Waals surface area contributed by atoms with E-state index in [1.807, 2.05) is 60.7 Å². The summed E-state index contributed by atoms with van der Waals surface area (Å²) in [6.45, 7) is -0.438. The quantitative estimate of drug-likeness (QED) is 0.486. The van der Waals surface area contributed by atoms with E-state index in [1.54, 1.807) is 0 Å². The summed E-state index contributed by atoms with van der Waals surface area (Å²) in [7, 11) is -0.662. The second kappa shape index (κ2) is 10.9. The largest absolute Gasteiger partial charge is 0.456 e. The van der Waals surface area contributed by atoms with Crippen molar-refractivity contribution < 1.29 is 22.7 Å². The van der Waals surface area contributed by atoms with Gasteiger partial charge in [-0.15, -0.1) is 0 Å². The molecule has 3 aromatic rings. The summed E-state index contributed by atoms with van der Waals surface area (Å²) in [6, 6.07) is 25.1. The highest BCUT2D eigenvalue weighted by Crippen LogP contribution is 2.28. The average Bonchev–Trinajstić information content (AvgIpc) is 2.82. The van der Waals surface area contributed by atoms with Gasteiger partial charge in [0, 0.05) is 25.7 Å². The number of anilines is 1. The van der Waals surface area contributed by atoms with E-state index < -0.39 is 28.5 Å². The molecule has 3 rings (SSSR count). The highest BCUT2D eigenvalue weighted by molar-refractivity contribution is 7.89. The molecule has 1 amide bonds. The summed E-state index contributed by atoms with van der Waals surface area (Å²) in [6.07, 6.45) is 0.0956. The van der Waals surface area contributed by atoms with Crippen LogP contribution in [0.4, 0.5) is 5.69 Å². The van der Waals surface area contributed by atoms with E-state index in [4.69, 9.17) is 4.74 Å². The highest BCUT2D eigenvalue weighted by atomic mass is 32.2. The maximum Gasteiger partial charge on any atom is 0.307 e. The van der Waals surface area contributed by atoms with Crippen LogP contribution in [0.25, 0.3) is 0 Å². The predicted molar refractivity (Wildman–Crippen MR) is 126 cm³/mol. The SMILES string of the molecule is CN(C)S(=O)(=O)c1ccc(NC(=O)COC(=O)CC(c2ccccc2)c2ccccc2)cc1. The number of carbonyl (C=O) groups is 2. The van der Waals surface area contributed by atoms with Gasteiger partial charge in [-0.3, -0.25) is 9.59 Å². The van der Waals surface area contributed by atoms with Gasteiger partial charge in [-0.1, -0.05) is 60.7 Å². The summed E-state index contributed by atoms with van der Waals surface area (Å²) in [5.74, 6) is -1.19. The first-order chi connectivity index (χ1) is 15.8. The van der Waals surface area contributed by atoms with E-state index in [1.165, 1.54) is 38.4 Å². The Hall–Kier alpha value is -3.49. The van der Waals surface area contributed by atoms with Gasteiger partial charge in [-0.2, -0.15) is 0 Å². The Bertz CT molecular complexity index is 1140. The van der Waals surface area contributed by atoms with Gasteiger partial charge in [0.25, 0.3) is 5.91 Å². The van der Waals surface area contributed by atoms with Gasteiger partial charge >= 0.3 is 5.97 Å². The third-order valence-electron chi connectivity index (χ3n) is 5.06. The molecule has 33 heavy (non-hydrogen) atoms. The number of carbonyl (C=O) groups excluding carboxylic acids is 2. The number of nitrogens with one attached hydrogen (secondary N) is 1. The van der Waals surface area contributed by atoms with Crippen LogP contribution in [0, 0.1) is 0 Å². The zero-order chi connectivity index (χ0) is 23.8. The Morgan fingerprint density at radius 2 is 1.36 bits per heavy atom. The standard InChI is InChI=1S/C25H26N2O5S/c1-27(2)33(30,31)22-15-13-21(14-16-22)26-24(28)18-32-25(29)17-23(19-9-5-3-6-10-19)20-11-7-4-8-12-20/h3-16,23H,17-18H2,1-2H3,(H,26,28). The molecule has 0 saturated carbocycles. The van der Waals surface area contributed by atoms with Crippen molar-refractivity contribution in [3.8, 4) is 0 Å². The third-order valence-corrected chi connectivity index (χ3v) is 6.88. The van der Waals surface area contributed by atoms with Crippen molar-refractivity contribution in [2.75, 3.05) is 26.0 Å². The van der Waals surface area contributed by atoms with Crippen LogP contribution in [0.15, 0.2) is 89.8 Å².